The second-order valence-corrected chi connectivity index (χ2v) is 6.15. The number of nitrogens with zero attached hydrogens (tertiary/aromatic N) is 2. The van der Waals surface area contributed by atoms with E-state index in [0.717, 1.165) is 36.1 Å². The number of hydrogen-bond acceptors (Lipinski definition) is 5. The summed E-state index contributed by atoms with van der Waals surface area (Å²) in [6.45, 7) is 7.41. The molecule has 1 aliphatic rings. The van der Waals surface area contributed by atoms with Crippen molar-refractivity contribution in [3.63, 3.8) is 0 Å². The molecule has 0 amide bonds. The summed E-state index contributed by atoms with van der Waals surface area (Å²) in [6, 6.07) is 5.93. The van der Waals surface area contributed by atoms with Crippen LogP contribution in [0.3, 0.4) is 0 Å². The lowest BCUT2D eigenvalue weighted by Gasteiger charge is -2.22. The molecular weight excluding hydrogens is 332 g/mol. The first-order valence-electron chi connectivity index (χ1n) is 8.97. The molecule has 2 aromatic rings. The SMILES string of the molecule is C=C(OCC)c1ccc(-c2cnn(C3CCCCO3)c2)cc1OCOC. The van der Waals surface area contributed by atoms with Gasteiger partial charge in [0.2, 0.25) is 0 Å². The topological polar surface area (TPSA) is 54.7 Å². The molecule has 3 rings (SSSR count). The summed E-state index contributed by atoms with van der Waals surface area (Å²) in [5, 5.41) is 4.48. The molecule has 6 heteroatoms. The van der Waals surface area contributed by atoms with Gasteiger partial charge in [0.05, 0.1) is 18.4 Å². The van der Waals surface area contributed by atoms with Gasteiger partial charge in [-0.25, -0.2) is 4.68 Å². The second-order valence-electron chi connectivity index (χ2n) is 6.15. The molecule has 2 heterocycles. The standard InChI is InChI=1S/C20H26N2O4/c1-4-24-15(2)18-9-8-16(11-19(18)26-14-23-3)17-12-21-22(13-17)20-7-5-6-10-25-20/h8-9,11-13,20H,2,4-7,10,14H2,1,3H3. The maximum Gasteiger partial charge on any atom is 0.188 e. The van der Waals surface area contributed by atoms with E-state index < -0.39 is 0 Å². The highest BCUT2D eigenvalue weighted by Gasteiger charge is 2.17. The molecule has 1 aromatic carbocycles. The molecule has 26 heavy (non-hydrogen) atoms. The fraction of sp³-hybridized carbons (Fsp3) is 0.450. The molecule has 0 aliphatic carbocycles. The average Bonchev–Trinajstić information content (AvgIpc) is 3.17. The van der Waals surface area contributed by atoms with Crippen molar-refractivity contribution in [2.45, 2.75) is 32.4 Å². The van der Waals surface area contributed by atoms with E-state index in [0.29, 0.717) is 18.1 Å². The highest BCUT2D eigenvalue weighted by atomic mass is 16.7. The van der Waals surface area contributed by atoms with Crippen LogP contribution < -0.4 is 4.74 Å². The smallest absolute Gasteiger partial charge is 0.188 e. The quantitative estimate of drug-likeness (QED) is 0.522. The summed E-state index contributed by atoms with van der Waals surface area (Å²) < 4.78 is 24.0. The first-order valence-corrected chi connectivity index (χ1v) is 8.97. The van der Waals surface area contributed by atoms with E-state index >= 15 is 0 Å². The van der Waals surface area contributed by atoms with Gasteiger partial charge in [-0.05, 0) is 43.9 Å². The highest BCUT2D eigenvalue weighted by molar-refractivity contribution is 5.71. The van der Waals surface area contributed by atoms with E-state index in [-0.39, 0.29) is 13.0 Å². The number of methoxy groups -OCH3 is 1. The minimum absolute atomic E-state index is 0.0266. The molecule has 1 saturated heterocycles. The third-order valence-corrected chi connectivity index (χ3v) is 4.32. The Hall–Kier alpha value is -2.31. The van der Waals surface area contributed by atoms with E-state index in [1.54, 1.807) is 7.11 Å². The van der Waals surface area contributed by atoms with Crippen molar-refractivity contribution in [3.05, 3.63) is 42.7 Å². The Morgan fingerprint density at radius 3 is 2.96 bits per heavy atom. The Balaban J connectivity index is 1.85. The number of ether oxygens (including phenoxy) is 4. The zero-order valence-corrected chi connectivity index (χ0v) is 15.4. The fourth-order valence-corrected chi connectivity index (χ4v) is 3.00. The number of rotatable bonds is 8. The van der Waals surface area contributed by atoms with Gasteiger partial charge in [-0.15, -0.1) is 0 Å². The molecule has 1 fully saturated rings. The maximum atomic E-state index is 5.80. The minimum atomic E-state index is 0.0266. The van der Waals surface area contributed by atoms with Crippen molar-refractivity contribution in [3.8, 4) is 16.9 Å². The summed E-state index contributed by atoms with van der Waals surface area (Å²) >= 11 is 0. The molecular formula is C20H26N2O4. The molecule has 0 N–H and O–H groups in total. The van der Waals surface area contributed by atoms with Gasteiger partial charge in [0.1, 0.15) is 17.7 Å². The summed E-state index contributed by atoms with van der Waals surface area (Å²) in [7, 11) is 1.59. The van der Waals surface area contributed by atoms with Gasteiger partial charge in [0.15, 0.2) is 6.79 Å². The van der Waals surface area contributed by atoms with Gasteiger partial charge in [0, 0.05) is 25.5 Å². The van der Waals surface area contributed by atoms with Crippen molar-refractivity contribution in [2.75, 3.05) is 27.1 Å². The third-order valence-electron chi connectivity index (χ3n) is 4.32. The summed E-state index contributed by atoms with van der Waals surface area (Å²) in [5.74, 6) is 1.25. The van der Waals surface area contributed by atoms with E-state index in [9.17, 15) is 0 Å². The number of benzene rings is 1. The highest BCUT2D eigenvalue weighted by Crippen LogP contribution is 2.32. The lowest BCUT2D eigenvalue weighted by atomic mass is 10.1. The van der Waals surface area contributed by atoms with Gasteiger partial charge >= 0.3 is 0 Å². The molecule has 0 bridgehead atoms. The zero-order chi connectivity index (χ0) is 18.4. The fourth-order valence-electron chi connectivity index (χ4n) is 3.00. The Kier molecular flexibility index (Phi) is 6.30. The number of hydrogen-bond donors (Lipinski definition) is 0. The molecule has 1 atom stereocenters. The molecule has 1 aromatic heterocycles. The Labute approximate surface area is 154 Å². The lowest BCUT2D eigenvalue weighted by molar-refractivity contribution is -0.0394. The zero-order valence-electron chi connectivity index (χ0n) is 15.4. The predicted molar refractivity (Wildman–Crippen MR) is 99.7 cm³/mol. The second kappa shape index (κ2) is 8.87. The predicted octanol–water partition coefficient (Wildman–Crippen LogP) is 4.24. The van der Waals surface area contributed by atoms with Crippen LogP contribution in [0.2, 0.25) is 0 Å². The maximum absolute atomic E-state index is 5.80. The van der Waals surface area contributed by atoms with E-state index in [1.807, 2.05) is 42.2 Å². The van der Waals surface area contributed by atoms with Gasteiger partial charge < -0.3 is 18.9 Å². The molecule has 1 aliphatic heterocycles. The Morgan fingerprint density at radius 1 is 1.35 bits per heavy atom. The summed E-state index contributed by atoms with van der Waals surface area (Å²) in [5.41, 5.74) is 2.83. The van der Waals surface area contributed by atoms with Crippen LogP contribution in [-0.2, 0) is 14.2 Å². The van der Waals surface area contributed by atoms with E-state index in [4.69, 9.17) is 18.9 Å². The van der Waals surface area contributed by atoms with Gasteiger partial charge in [-0.2, -0.15) is 5.10 Å². The monoisotopic (exact) mass is 358 g/mol. The van der Waals surface area contributed by atoms with E-state index in [2.05, 4.69) is 11.7 Å². The van der Waals surface area contributed by atoms with Gasteiger partial charge in [0.25, 0.3) is 0 Å². The van der Waals surface area contributed by atoms with Crippen molar-refractivity contribution >= 4 is 5.76 Å². The van der Waals surface area contributed by atoms with Crippen LogP contribution in [0.25, 0.3) is 16.9 Å². The number of aromatic nitrogens is 2. The Morgan fingerprint density at radius 2 is 2.23 bits per heavy atom. The van der Waals surface area contributed by atoms with Gasteiger partial charge in [-0.1, -0.05) is 12.6 Å². The molecule has 0 spiro atoms. The van der Waals surface area contributed by atoms with Crippen LogP contribution in [-0.4, -0.2) is 36.9 Å². The van der Waals surface area contributed by atoms with Crippen LogP contribution in [0.1, 0.15) is 38.0 Å². The van der Waals surface area contributed by atoms with Crippen LogP contribution in [0.5, 0.6) is 5.75 Å². The molecule has 1 unspecified atom stereocenters. The molecule has 0 radical (unpaired) electrons. The lowest BCUT2D eigenvalue weighted by Crippen LogP contribution is -2.18. The average molecular weight is 358 g/mol. The Bertz CT molecular complexity index is 735. The van der Waals surface area contributed by atoms with Gasteiger partial charge in [-0.3, -0.25) is 0 Å². The minimum Gasteiger partial charge on any atom is -0.494 e. The first kappa shape index (κ1) is 18.5. The van der Waals surface area contributed by atoms with Crippen LogP contribution in [0.15, 0.2) is 37.2 Å². The van der Waals surface area contributed by atoms with Crippen LogP contribution in [0, 0.1) is 0 Å². The molecule has 140 valence electrons. The van der Waals surface area contributed by atoms with Crippen molar-refractivity contribution < 1.29 is 18.9 Å². The molecule has 0 saturated carbocycles. The third kappa shape index (κ3) is 4.26. The summed E-state index contributed by atoms with van der Waals surface area (Å²) in [4.78, 5) is 0. The largest absolute Gasteiger partial charge is 0.494 e. The normalized spacial score (nSPS) is 17.1. The van der Waals surface area contributed by atoms with Crippen LogP contribution >= 0.6 is 0 Å². The molecule has 6 nitrogen and oxygen atoms in total. The van der Waals surface area contributed by atoms with Crippen molar-refractivity contribution in [2.24, 2.45) is 0 Å². The van der Waals surface area contributed by atoms with E-state index in [1.165, 1.54) is 6.42 Å². The van der Waals surface area contributed by atoms with Crippen molar-refractivity contribution in [1.82, 2.24) is 9.78 Å². The first-order chi connectivity index (χ1) is 12.7. The summed E-state index contributed by atoms with van der Waals surface area (Å²) in [6.07, 6.45) is 7.18. The van der Waals surface area contributed by atoms with Crippen molar-refractivity contribution in [1.29, 1.82) is 0 Å². The van der Waals surface area contributed by atoms with Crippen LogP contribution in [0.4, 0.5) is 0 Å².